The number of benzene rings is 2. The molecule has 0 saturated carbocycles. The van der Waals surface area contributed by atoms with E-state index in [2.05, 4.69) is 10.6 Å². The third-order valence-electron chi connectivity index (χ3n) is 4.80. The molecule has 0 aliphatic carbocycles. The Kier molecular flexibility index (Phi) is 11.4. The van der Waals surface area contributed by atoms with E-state index in [4.69, 9.17) is 0 Å². The zero-order chi connectivity index (χ0) is 26.7. The van der Waals surface area contributed by atoms with Crippen LogP contribution in [0, 0.1) is 5.82 Å². The average molecular weight is 488 g/mol. The maximum atomic E-state index is 13.5. The van der Waals surface area contributed by atoms with E-state index in [0.29, 0.717) is 11.8 Å². The van der Waals surface area contributed by atoms with E-state index in [-0.39, 0.29) is 34.9 Å². The van der Waals surface area contributed by atoms with Gasteiger partial charge in [0.05, 0.1) is 11.3 Å². The molecule has 35 heavy (non-hydrogen) atoms. The summed E-state index contributed by atoms with van der Waals surface area (Å²) in [6, 6.07) is 10.3. The zero-order valence-electron chi connectivity index (χ0n) is 21.2. The Bertz CT molecular complexity index is 1070. The van der Waals surface area contributed by atoms with E-state index < -0.39 is 17.6 Å². The number of nitrogens with one attached hydrogen (secondary N) is 2. The van der Waals surface area contributed by atoms with Crippen molar-refractivity contribution in [3.63, 3.8) is 0 Å². The first kappa shape index (κ1) is 29.1. The lowest BCUT2D eigenvalue weighted by Gasteiger charge is -2.27. The highest BCUT2D eigenvalue weighted by atomic mass is 19.1. The second kappa shape index (κ2) is 13.7. The van der Waals surface area contributed by atoms with Crippen LogP contribution in [-0.4, -0.2) is 73.4 Å². The SMILES string of the molecule is CC.CN(C)C(=O)c1cccc(N/C(C(=O)N(C)N(C)C)=C(/C=O)NCc2cccc(F)c2)c1O. The molecular formula is C25H34FN5O4. The number of carbonyl (C=O) groups is 3. The Labute approximate surface area is 205 Å². The first-order valence-electron chi connectivity index (χ1n) is 11.0. The number of para-hydroxylation sites is 1. The first-order chi connectivity index (χ1) is 16.6. The van der Waals surface area contributed by atoms with Gasteiger partial charge in [-0.05, 0) is 29.8 Å². The van der Waals surface area contributed by atoms with Gasteiger partial charge in [-0.1, -0.05) is 32.0 Å². The molecule has 0 aliphatic rings. The van der Waals surface area contributed by atoms with E-state index in [1.807, 2.05) is 13.8 Å². The number of hydrazine groups is 1. The molecule has 10 heteroatoms. The summed E-state index contributed by atoms with van der Waals surface area (Å²) < 4.78 is 13.5. The number of amides is 2. The summed E-state index contributed by atoms with van der Waals surface area (Å²) >= 11 is 0. The smallest absolute Gasteiger partial charge is 0.286 e. The Morgan fingerprint density at radius 2 is 1.66 bits per heavy atom. The predicted octanol–water partition coefficient (Wildman–Crippen LogP) is 2.81. The summed E-state index contributed by atoms with van der Waals surface area (Å²) in [5.74, 6) is -1.82. The fourth-order valence-corrected chi connectivity index (χ4v) is 2.81. The van der Waals surface area contributed by atoms with Crippen LogP contribution >= 0.6 is 0 Å². The van der Waals surface area contributed by atoms with Crippen LogP contribution in [0.15, 0.2) is 53.9 Å². The lowest BCUT2D eigenvalue weighted by molar-refractivity contribution is -0.137. The number of halogens is 1. The maximum Gasteiger partial charge on any atom is 0.286 e. The normalized spacial score (nSPS) is 11.0. The van der Waals surface area contributed by atoms with Crippen LogP contribution in [0.1, 0.15) is 29.8 Å². The minimum absolute atomic E-state index is 0.0261. The summed E-state index contributed by atoms with van der Waals surface area (Å²) in [6.07, 6.45) is 0.453. The van der Waals surface area contributed by atoms with E-state index in [1.165, 1.54) is 58.4 Å². The number of rotatable bonds is 9. The van der Waals surface area contributed by atoms with Gasteiger partial charge in [0, 0.05) is 41.8 Å². The molecule has 2 rings (SSSR count). The standard InChI is InChI=1S/C23H28FN5O4.C2H6/c1-27(2)22(32)17-10-7-11-18(21(17)31)26-20(23(33)29(5)28(3)4)19(14-30)25-13-15-8-6-9-16(24)12-15;1-2/h6-12,14,25-26,31H,13H2,1-5H3;1-2H3/b20-19-;. The number of hydrogen-bond acceptors (Lipinski definition) is 7. The van der Waals surface area contributed by atoms with Crippen molar-refractivity contribution in [3.05, 3.63) is 70.8 Å². The molecule has 190 valence electrons. The predicted molar refractivity (Wildman–Crippen MR) is 134 cm³/mol. The van der Waals surface area contributed by atoms with Gasteiger partial charge in [-0.2, -0.15) is 0 Å². The highest BCUT2D eigenvalue weighted by molar-refractivity contribution is 6.03. The number of allylic oxidation sites excluding steroid dienone is 1. The molecule has 2 aromatic rings. The van der Waals surface area contributed by atoms with Crippen molar-refractivity contribution in [3.8, 4) is 5.75 Å². The lowest BCUT2D eigenvalue weighted by atomic mass is 10.1. The van der Waals surface area contributed by atoms with E-state index in [0.717, 1.165) is 0 Å². The van der Waals surface area contributed by atoms with Crippen LogP contribution in [0.5, 0.6) is 5.75 Å². The maximum absolute atomic E-state index is 13.5. The number of carbonyl (C=O) groups excluding carboxylic acids is 3. The van der Waals surface area contributed by atoms with Gasteiger partial charge in [0.1, 0.15) is 17.2 Å². The lowest BCUT2D eigenvalue weighted by Crippen LogP contribution is -2.42. The first-order valence-corrected chi connectivity index (χ1v) is 11.0. The average Bonchev–Trinajstić information content (AvgIpc) is 2.84. The van der Waals surface area contributed by atoms with Gasteiger partial charge in [-0.25, -0.2) is 9.40 Å². The summed E-state index contributed by atoms with van der Waals surface area (Å²) in [4.78, 5) is 38.7. The van der Waals surface area contributed by atoms with Crippen molar-refractivity contribution >= 4 is 23.8 Å². The van der Waals surface area contributed by atoms with Crippen LogP contribution in [0.4, 0.5) is 10.1 Å². The fourth-order valence-electron chi connectivity index (χ4n) is 2.81. The summed E-state index contributed by atoms with van der Waals surface area (Å²) in [5.41, 5.74) is 0.371. The van der Waals surface area contributed by atoms with Crippen LogP contribution in [0.25, 0.3) is 0 Å². The van der Waals surface area contributed by atoms with Gasteiger partial charge in [0.15, 0.2) is 12.0 Å². The number of anilines is 1. The topological polar surface area (TPSA) is 105 Å². The molecular weight excluding hydrogens is 453 g/mol. The van der Waals surface area contributed by atoms with Gasteiger partial charge in [-0.3, -0.25) is 19.4 Å². The Hall–Kier alpha value is -3.92. The molecule has 0 fully saturated rings. The number of hydrogen-bond donors (Lipinski definition) is 3. The largest absolute Gasteiger partial charge is 0.505 e. The number of phenolic OH excluding ortho intramolecular Hbond substituents is 1. The Morgan fingerprint density at radius 3 is 2.20 bits per heavy atom. The Morgan fingerprint density at radius 1 is 1.03 bits per heavy atom. The molecule has 0 saturated heterocycles. The molecule has 0 aliphatic heterocycles. The number of aromatic hydroxyl groups is 1. The minimum atomic E-state index is -0.586. The third kappa shape index (κ3) is 7.82. The van der Waals surface area contributed by atoms with Crippen LogP contribution in [0.3, 0.4) is 0 Å². The van der Waals surface area contributed by atoms with Crippen LogP contribution in [0.2, 0.25) is 0 Å². The molecule has 9 nitrogen and oxygen atoms in total. The molecule has 0 atom stereocenters. The Balaban J connectivity index is 0.00000298. The minimum Gasteiger partial charge on any atom is -0.505 e. The molecule has 0 heterocycles. The van der Waals surface area contributed by atoms with Crippen LogP contribution in [-0.2, 0) is 16.1 Å². The van der Waals surface area contributed by atoms with Crippen molar-refractivity contribution < 1.29 is 23.9 Å². The van der Waals surface area contributed by atoms with E-state index >= 15 is 0 Å². The molecule has 0 aromatic heterocycles. The highest BCUT2D eigenvalue weighted by Crippen LogP contribution is 2.30. The molecule has 0 spiro atoms. The second-order valence-electron chi connectivity index (χ2n) is 7.59. The molecule has 3 N–H and O–H groups in total. The second-order valence-corrected chi connectivity index (χ2v) is 7.59. The van der Waals surface area contributed by atoms with Gasteiger partial charge in [-0.15, -0.1) is 0 Å². The van der Waals surface area contributed by atoms with Crippen LogP contribution < -0.4 is 10.6 Å². The summed E-state index contributed by atoms with van der Waals surface area (Å²) in [7, 11) is 7.88. The summed E-state index contributed by atoms with van der Waals surface area (Å²) in [6.45, 7) is 4.07. The van der Waals surface area contributed by atoms with Gasteiger partial charge >= 0.3 is 0 Å². The molecule has 2 aromatic carbocycles. The molecule has 0 radical (unpaired) electrons. The highest BCUT2D eigenvalue weighted by Gasteiger charge is 2.24. The van der Waals surface area contributed by atoms with Crippen molar-refractivity contribution in [1.82, 2.24) is 20.2 Å². The van der Waals surface area contributed by atoms with Crippen molar-refractivity contribution in [1.29, 1.82) is 0 Å². The number of nitrogens with zero attached hydrogens (tertiary/aromatic N) is 3. The monoisotopic (exact) mass is 487 g/mol. The van der Waals surface area contributed by atoms with Crippen molar-refractivity contribution in [2.45, 2.75) is 20.4 Å². The quantitative estimate of drug-likeness (QED) is 0.216. The zero-order valence-corrected chi connectivity index (χ0v) is 21.2. The molecule has 0 bridgehead atoms. The number of phenols is 1. The van der Waals surface area contributed by atoms with E-state index in [1.54, 1.807) is 34.3 Å². The molecule has 2 amide bonds. The molecule has 0 unspecified atom stereocenters. The summed E-state index contributed by atoms with van der Waals surface area (Å²) in [5, 5.41) is 19.0. The fraction of sp³-hybridized carbons (Fsp3) is 0.320. The number of aldehydes is 1. The van der Waals surface area contributed by atoms with E-state index in [9.17, 15) is 23.9 Å². The van der Waals surface area contributed by atoms with Crippen molar-refractivity contribution in [2.75, 3.05) is 40.6 Å². The third-order valence-corrected chi connectivity index (χ3v) is 4.80. The van der Waals surface area contributed by atoms with Crippen molar-refractivity contribution in [2.24, 2.45) is 0 Å². The van der Waals surface area contributed by atoms with Gasteiger partial charge in [0.2, 0.25) is 0 Å². The van der Waals surface area contributed by atoms with Gasteiger partial charge < -0.3 is 20.6 Å². The van der Waals surface area contributed by atoms with Gasteiger partial charge in [0.25, 0.3) is 11.8 Å². The number of likely N-dealkylation sites (N-methyl/N-ethyl adjacent to an activating group) is 1.